The third-order valence-electron chi connectivity index (χ3n) is 3.37. The van der Waals surface area contributed by atoms with Crippen LogP contribution in [0, 0.1) is 0 Å². The van der Waals surface area contributed by atoms with Crippen LogP contribution < -0.4 is 5.32 Å². The van der Waals surface area contributed by atoms with Gasteiger partial charge in [-0.25, -0.2) is 4.79 Å². The maximum atomic E-state index is 12.0. The zero-order valence-corrected chi connectivity index (χ0v) is 17.8. The Hall–Kier alpha value is -1.53. The molecule has 1 saturated heterocycles. The molecule has 11 nitrogen and oxygen atoms in total. The van der Waals surface area contributed by atoms with Crippen LogP contribution in [0.25, 0.3) is 0 Å². The maximum absolute atomic E-state index is 12.0. The summed E-state index contributed by atoms with van der Waals surface area (Å²) in [5, 5.41) is 12.5. The molecule has 0 bridgehead atoms. The van der Waals surface area contributed by atoms with Gasteiger partial charge in [0, 0.05) is 20.8 Å². The molecule has 1 aliphatic heterocycles. The Labute approximate surface area is 180 Å². The van der Waals surface area contributed by atoms with E-state index in [0.29, 0.717) is 0 Å². The van der Waals surface area contributed by atoms with Crippen LogP contribution in [0.4, 0.5) is 4.79 Å². The molecule has 1 fully saturated rings. The van der Waals surface area contributed by atoms with E-state index in [1.54, 1.807) is 0 Å². The van der Waals surface area contributed by atoms with Crippen molar-refractivity contribution in [3.8, 4) is 0 Å². The molecule has 0 aromatic carbocycles. The number of aliphatic hydroxyl groups excluding tert-OH is 1. The number of carbonyl (C=O) groups is 4. The molecule has 0 aromatic heterocycles. The molecule has 1 aliphatic rings. The minimum atomic E-state index is -1.89. The average Bonchev–Trinajstić information content (AvgIpc) is 2.55. The van der Waals surface area contributed by atoms with Gasteiger partial charge < -0.3 is 34.1 Å². The molecule has 0 aliphatic carbocycles. The highest BCUT2D eigenvalue weighted by Crippen LogP contribution is 2.27. The molecule has 0 saturated carbocycles. The number of alkyl halides is 3. The highest BCUT2D eigenvalue weighted by atomic mass is 35.6. The number of carbonyl (C=O) groups excluding carboxylic acids is 4. The van der Waals surface area contributed by atoms with Crippen LogP contribution in [0.1, 0.15) is 20.8 Å². The van der Waals surface area contributed by atoms with E-state index >= 15 is 0 Å². The predicted molar refractivity (Wildman–Crippen MR) is 97.2 cm³/mol. The Bertz CT molecular complexity index is 626. The molecule has 5 atom stereocenters. The summed E-state index contributed by atoms with van der Waals surface area (Å²) in [6, 6.07) is -1.43. The molecular weight excluding hydrogens is 461 g/mol. The molecule has 2 N–H and O–H groups in total. The maximum Gasteiger partial charge on any atom is 0.407 e. The highest BCUT2D eigenvalue weighted by molar-refractivity contribution is 6.67. The van der Waals surface area contributed by atoms with Gasteiger partial charge in [0.15, 0.2) is 18.5 Å². The van der Waals surface area contributed by atoms with Crippen molar-refractivity contribution in [3.05, 3.63) is 0 Å². The van der Waals surface area contributed by atoms with Gasteiger partial charge in [0.1, 0.15) is 25.4 Å². The zero-order valence-electron chi connectivity index (χ0n) is 15.6. The third kappa shape index (κ3) is 9.22. The molecule has 1 rings (SSSR count). The second-order valence-corrected chi connectivity index (χ2v) is 8.39. The Balaban J connectivity index is 3.06. The van der Waals surface area contributed by atoms with Gasteiger partial charge in [-0.2, -0.15) is 0 Å². The summed E-state index contributed by atoms with van der Waals surface area (Å²) in [6.45, 7) is 2.23. The number of hydrogen-bond donors (Lipinski definition) is 2. The molecule has 14 heteroatoms. The van der Waals surface area contributed by atoms with Gasteiger partial charge in [-0.3, -0.25) is 14.4 Å². The van der Waals surface area contributed by atoms with Crippen molar-refractivity contribution < 1.29 is 48.0 Å². The summed E-state index contributed by atoms with van der Waals surface area (Å²) in [5.74, 6) is -2.25. The van der Waals surface area contributed by atoms with E-state index in [-0.39, 0.29) is 0 Å². The number of ether oxygens (including phenoxy) is 5. The zero-order chi connectivity index (χ0) is 22.4. The van der Waals surface area contributed by atoms with Gasteiger partial charge >= 0.3 is 24.0 Å². The lowest BCUT2D eigenvalue weighted by atomic mass is 9.96. The average molecular weight is 481 g/mol. The summed E-state index contributed by atoms with van der Waals surface area (Å²) < 4.78 is 23.2. The van der Waals surface area contributed by atoms with Crippen molar-refractivity contribution in [2.45, 2.75) is 55.2 Å². The number of halogens is 3. The van der Waals surface area contributed by atoms with Crippen molar-refractivity contribution in [1.82, 2.24) is 5.32 Å². The molecule has 0 spiro atoms. The van der Waals surface area contributed by atoms with Crippen molar-refractivity contribution in [1.29, 1.82) is 0 Å². The van der Waals surface area contributed by atoms with E-state index < -0.39 is 71.7 Å². The highest BCUT2D eigenvalue weighted by Gasteiger charge is 2.50. The van der Waals surface area contributed by atoms with Crippen LogP contribution >= 0.6 is 34.8 Å². The van der Waals surface area contributed by atoms with Crippen LogP contribution in [0.5, 0.6) is 0 Å². The summed E-state index contributed by atoms with van der Waals surface area (Å²) in [5.41, 5.74) is 0. The molecule has 166 valence electrons. The number of hydrogen-bond acceptors (Lipinski definition) is 10. The number of rotatable bonds is 6. The second kappa shape index (κ2) is 11.0. The number of alkyl carbamates (subject to hydrolysis) is 1. The van der Waals surface area contributed by atoms with Crippen molar-refractivity contribution in [3.63, 3.8) is 0 Å². The first-order chi connectivity index (χ1) is 13.3. The Morgan fingerprint density at radius 3 is 2.00 bits per heavy atom. The van der Waals surface area contributed by atoms with Gasteiger partial charge in [0.05, 0.1) is 0 Å². The first kappa shape index (κ1) is 25.5. The van der Waals surface area contributed by atoms with Gasteiger partial charge in [0.2, 0.25) is 3.79 Å². The van der Waals surface area contributed by atoms with E-state index in [9.17, 15) is 24.3 Å². The molecule has 1 heterocycles. The number of nitrogens with one attached hydrogen (secondary N) is 1. The van der Waals surface area contributed by atoms with Gasteiger partial charge in [-0.1, -0.05) is 34.8 Å². The lowest BCUT2D eigenvalue weighted by Crippen LogP contribution is -2.66. The molecule has 0 unspecified atom stereocenters. The fourth-order valence-corrected chi connectivity index (χ4v) is 2.56. The van der Waals surface area contributed by atoms with Crippen LogP contribution in [0.15, 0.2) is 0 Å². The van der Waals surface area contributed by atoms with E-state index in [1.807, 2.05) is 0 Å². The normalized spacial score (nSPS) is 26.8. The molecule has 29 heavy (non-hydrogen) atoms. The van der Waals surface area contributed by atoms with Crippen LogP contribution in [-0.4, -0.2) is 76.8 Å². The number of aliphatic hydroxyl groups is 1. The SMILES string of the molecule is CC(=O)OC[C@H]1O[C@@H](O)[C@H](NC(=O)OCC(Cl)(Cl)Cl)[C@@H](OC(C)=O)[C@@H]1OC(C)=O. The summed E-state index contributed by atoms with van der Waals surface area (Å²) in [6.07, 6.45) is -6.84. The summed E-state index contributed by atoms with van der Waals surface area (Å²) in [7, 11) is 0. The standard InChI is InChI=1S/C15H20Cl3NO10/c1-6(20)25-4-9-11(27-7(2)21)12(28-8(3)22)10(13(23)29-9)19-14(24)26-5-15(16,17)18/h9-13,23H,4-5H2,1-3H3,(H,19,24)/t9-,10-,11-,12-,13-/m1/s1. The quantitative estimate of drug-likeness (QED) is 0.314. The Morgan fingerprint density at radius 1 is 0.966 bits per heavy atom. The topological polar surface area (TPSA) is 147 Å². The minimum Gasteiger partial charge on any atom is -0.463 e. The van der Waals surface area contributed by atoms with E-state index in [2.05, 4.69) is 5.32 Å². The molecule has 1 amide bonds. The molecular formula is C15H20Cl3NO10. The van der Waals surface area contributed by atoms with Gasteiger partial charge in [-0.05, 0) is 0 Å². The van der Waals surface area contributed by atoms with Crippen LogP contribution in [0.2, 0.25) is 0 Å². The van der Waals surface area contributed by atoms with E-state index in [1.165, 1.54) is 0 Å². The van der Waals surface area contributed by atoms with Gasteiger partial charge in [0.25, 0.3) is 0 Å². The van der Waals surface area contributed by atoms with Crippen LogP contribution in [0.3, 0.4) is 0 Å². The van der Waals surface area contributed by atoms with Crippen molar-refractivity contribution in [2.75, 3.05) is 13.2 Å². The van der Waals surface area contributed by atoms with E-state index in [0.717, 1.165) is 20.8 Å². The monoisotopic (exact) mass is 479 g/mol. The minimum absolute atomic E-state index is 0.424. The summed E-state index contributed by atoms with van der Waals surface area (Å²) in [4.78, 5) is 46.1. The largest absolute Gasteiger partial charge is 0.463 e. The second-order valence-electron chi connectivity index (χ2n) is 5.88. The number of esters is 3. The lowest BCUT2D eigenvalue weighted by molar-refractivity contribution is -0.264. The molecule has 0 radical (unpaired) electrons. The third-order valence-corrected chi connectivity index (χ3v) is 3.70. The summed E-state index contributed by atoms with van der Waals surface area (Å²) >= 11 is 16.5. The first-order valence-corrected chi connectivity index (χ1v) is 9.25. The van der Waals surface area contributed by atoms with E-state index in [4.69, 9.17) is 58.5 Å². The fraction of sp³-hybridized carbons (Fsp3) is 0.733. The number of amides is 1. The van der Waals surface area contributed by atoms with Crippen molar-refractivity contribution >= 4 is 58.8 Å². The first-order valence-electron chi connectivity index (χ1n) is 8.11. The fourth-order valence-electron chi connectivity index (χ4n) is 2.40. The van der Waals surface area contributed by atoms with Crippen LogP contribution in [-0.2, 0) is 38.1 Å². The molecule has 0 aromatic rings. The Morgan fingerprint density at radius 2 is 1.52 bits per heavy atom. The predicted octanol–water partition coefficient (Wildman–Crippen LogP) is 0.595. The van der Waals surface area contributed by atoms with Gasteiger partial charge in [-0.15, -0.1) is 0 Å². The Kier molecular flexibility index (Phi) is 9.69. The lowest BCUT2D eigenvalue weighted by Gasteiger charge is -2.43. The smallest absolute Gasteiger partial charge is 0.407 e. The van der Waals surface area contributed by atoms with Crippen molar-refractivity contribution in [2.24, 2.45) is 0 Å².